The minimum Gasteiger partial charge on any atom is -0.455 e. The molecule has 0 aliphatic carbocycles. The van der Waals surface area contributed by atoms with E-state index < -0.39 is 6.29 Å². The smallest absolute Gasteiger partial charge is 0.314 e. The predicted octanol–water partition coefficient (Wildman–Crippen LogP) is 8.47. The van der Waals surface area contributed by atoms with Crippen LogP contribution in [0.15, 0.2) is 54.6 Å². The van der Waals surface area contributed by atoms with Crippen molar-refractivity contribution in [1.82, 2.24) is 0 Å². The van der Waals surface area contributed by atoms with E-state index in [2.05, 4.69) is 45.3 Å². The highest BCUT2D eigenvalue weighted by Crippen LogP contribution is 2.18. The summed E-state index contributed by atoms with van der Waals surface area (Å²) < 4.78 is 12.1. The van der Waals surface area contributed by atoms with Crippen molar-refractivity contribution in [2.24, 2.45) is 0 Å². The van der Waals surface area contributed by atoms with Crippen molar-refractivity contribution in [3.63, 3.8) is 0 Å². The fourth-order valence-corrected chi connectivity index (χ4v) is 4.74. The van der Waals surface area contributed by atoms with Crippen LogP contribution in [0, 0.1) is 0 Å². The van der Waals surface area contributed by atoms with Gasteiger partial charge in [0.05, 0.1) is 27.1 Å². The number of ether oxygens (including phenoxy) is 2. The Kier molecular flexibility index (Phi) is 15.0. The van der Waals surface area contributed by atoms with E-state index >= 15 is 0 Å². The van der Waals surface area contributed by atoms with Gasteiger partial charge in [0.25, 0.3) is 0 Å². The highest BCUT2D eigenvalue weighted by molar-refractivity contribution is 5.69. The van der Waals surface area contributed by atoms with Crippen LogP contribution in [0.25, 0.3) is 0 Å². The van der Waals surface area contributed by atoms with Gasteiger partial charge in [0.2, 0.25) is 6.29 Å². The molecule has 0 spiro atoms. The van der Waals surface area contributed by atoms with Crippen molar-refractivity contribution < 1.29 is 18.8 Å². The van der Waals surface area contributed by atoms with Gasteiger partial charge in [0.15, 0.2) is 0 Å². The summed E-state index contributed by atoms with van der Waals surface area (Å²) in [6, 6.07) is 18.6. The van der Waals surface area contributed by atoms with Gasteiger partial charge in [-0.1, -0.05) is 114 Å². The van der Waals surface area contributed by atoms with Gasteiger partial charge >= 0.3 is 5.97 Å². The number of aryl methyl sites for hydroxylation is 1. The Bertz CT molecular complexity index is 848. The van der Waals surface area contributed by atoms with Gasteiger partial charge in [0.1, 0.15) is 12.3 Å². The number of carbonyl (C=O) groups is 1. The SMILES string of the molecule is CCCCCCCCCCCCCc1ccc(OC(C)OC(=O)CC[N+](C)(C)Cc2ccccc2)cc1. The van der Waals surface area contributed by atoms with Crippen LogP contribution >= 0.6 is 0 Å². The van der Waals surface area contributed by atoms with Gasteiger partial charge in [-0.3, -0.25) is 4.79 Å². The Morgan fingerprint density at radius 1 is 0.757 bits per heavy atom. The van der Waals surface area contributed by atoms with E-state index in [1.54, 1.807) is 6.92 Å². The van der Waals surface area contributed by atoms with Crippen LogP contribution in [0.1, 0.15) is 102 Å². The van der Waals surface area contributed by atoms with Crippen molar-refractivity contribution in [2.75, 3.05) is 20.6 Å². The summed E-state index contributed by atoms with van der Waals surface area (Å²) in [5.41, 5.74) is 2.61. The third kappa shape index (κ3) is 14.9. The number of benzene rings is 2. The maximum absolute atomic E-state index is 12.4. The molecular weight excluding hydrogens is 458 g/mol. The summed E-state index contributed by atoms with van der Waals surface area (Å²) in [5.74, 6) is 0.517. The minimum atomic E-state index is -0.602. The first kappa shape index (κ1) is 30.9. The zero-order valence-corrected chi connectivity index (χ0v) is 24.1. The zero-order chi connectivity index (χ0) is 26.8. The Morgan fingerprint density at radius 2 is 1.32 bits per heavy atom. The third-order valence-corrected chi connectivity index (χ3v) is 6.97. The van der Waals surface area contributed by atoms with Gasteiger partial charge in [-0.15, -0.1) is 0 Å². The van der Waals surface area contributed by atoms with Crippen molar-refractivity contribution in [3.05, 3.63) is 65.7 Å². The molecule has 0 heterocycles. The molecule has 0 N–H and O–H groups in total. The summed E-state index contributed by atoms with van der Waals surface area (Å²) in [4.78, 5) is 12.4. The van der Waals surface area contributed by atoms with Crippen molar-refractivity contribution >= 4 is 5.97 Å². The Hall–Kier alpha value is -2.33. The minimum absolute atomic E-state index is 0.222. The Morgan fingerprint density at radius 3 is 1.92 bits per heavy atom. The summed E-state index contributed by atoms with van der Waals surface area (Å²) in [6.45, 7) is 5.65. The molecule has 0 aliphatic heterocycles. The fourth-order valence-electron chi connectivity index (χ4n) is 4.74. The molecule has 1 unspecified atom stereocenters. The quantitative estimate of drug-likeness (QED) is 0.0775. The summed E-state index contributed by atoms with van der Waals surface area (Å²) in [5, 5.41) is 0. The molecule has 4 heteroatoms. The lowest BCUT2D eigenvalue weighted by molar-refractivity contribution is -0.903. The molecule has 206 valence electrons. The van der Waals surface area contributed by atoms with Crippen LogP contribution in [0.3, 0.4) is 0 Å². The third-order valence-electron chi connectivity index (χ3n) is 6.97. The molecule has 2 aromatic rings. The lowest BCUT2D eigenvalue weighted by Crippen LogP contribution is -2.40. The number of esters is 1. The topological polar surface area (TPSA) is 35.5 Å². The zero-order valence-electron chi connectivity index (χ0n) is 24.1. The average Bonchev–Trinajstić information content (AvgIpc) is 2.87. The molecule has 37 heavy (non-hydrogen) atoms. The fraction of sp³-hybridized carbons (Fsp3) is 0.606. The largest absolute Gasteiger partial charge is 0.455 e. The number of nitrogens with zero attached hydrogens (tertiary/aromatic N) is 1. The van der Waals surface area contributed by atoms with Crippen LogP contribution in [0.4, 0.5) is 0 Å². The number of hydrogen-bond acceptors (Lipinski definition) is 3. The van der Waals surface area contributed by atoms with E-state index in [-0.39, 0.29) is 5.97 Å². The molecule has 4 nitrogen and oxygen atoms in total. The lowest BCUT2D eigenvalue weighted by atomic mass is 10.0. The van der Waals surface area contributed by atoms with Crippen molar-refractivity contribution in [3.8, 4) is 5.75 Å². The Balaban J connectivity index is 1.56. The lowest BCUT2D eigenvalue weighted by Gasteiger charge is -2.29. The maximum Gasteiger partial charge on any atom is 0.314 e. The van der Waals surface area contributed by atoms with Crippen molar-refractivity contribution in [1.29, 1.82) is 0 Å². The number of quaternary nitrogens is 1. The number of carbonyl (C=O) groups excluding carboxylic acids is 1. The molecule has 0 bridgehead atoms. The highest BCUT2D eigenvalue weighted by Gasteiger charge is 2.20. The van der Waals surface area contributed by atoms with E-state index in [1.807, 2.05) is 30.3 Å². The number of rotatable bonds is 20. The maximum atomic E-state index is 12.4. The van der Waals surface area contributed by atoms with Gasteiger partial charge in [-0.05, 0) is 30.5 Å². The molecule has 0 fully saturated rings. The first-order chi connectivity index (χ1) is 17.9. The molecule has 1 atom stereocenters. The first-order valence-corrected chi connectivity index (χ1v) is 14.7. The molecule has 0 radical (unpaired) electrons. The van der Waals surface area contributed by atoms with Crippen LogP contribution in [0.5, 0.6) is 5.75 Å². The van der Waals surface area contributed by atoms with Gasteiger partial charge in [-0.25, -0.2) is 0 Å². The molecule has 0 aliphatic rings. The van der Waals surface area contributed by atoms with Gasteiger partial charge in [0, 0.05) is 12.5 Å². The van der Waals surface area contributed by atoms with Gasteiger partial charge in [-0.2, -0.15) is 0 Å². The van der Waals surface area contributed by atoms with Crippen LogP contribution in [-0.2, 0) is 22.5 Å². The molecule has 0 saturated carbocycles. The summed E-state index contributed by atoms with van der Waals surface area (Å²) in [7, 11) is 4.27. The summed E-state index contributed by atoms with van der Waals surface area (Å²) in [6.07, 6.45) is 15.9. The molecular formula is C33H52NO3+. The average molecular weight is 511 g/mol. The second kappa shape index (κ2) is 18.0. The number of unbranched alkanes of at least 4 members (excludes halogenated alkanes) is 10. The van der Waals surface area contributed by atoms with Crippen molar-refractivity contribution in [2.45, 2.75) is 110 Å². The second-order valence-electron chi connectivity index (χ2n) is 11.2. The second-order valence-corrected chi connectivity index (χ2v) is 11.2. The van der Waals surface area contributed by atoms with E-state index in [0.717, 1.165) is 23.2 Å². The van der Waals surface area contributed by atoms with Crippen LogP contribution < -0.4 is 4.74 Å². The van der Waals surface area contributed by atoms with Gasteiger partial charge < -0.3 is 14.0 Å². The summed E-state index contributed by atoms with van der Waals surface area (Å²) >= 11 is 0. The monoisotopic (exact) mass is 510 g/mol. The van der Waals surface area contributed by atoms with Crippen LogP contribution in [-0.4, -0.2) is 37.4 Å². The van der Waals surface area contributed by atoms with E-state index in [9.17, 15) is 4.79 Å². The van der Waals surface area contributed by atoms with Crippen LogP contribution in [0.2, 0.25) is 0 Å². The van der Waals surface area contributed by atoms with E-state index in [0.29, 0.717) is 13.0 Å². The molecule has 0 saturated heterocycles. The van der Waals surface area contributed by atoms with E-state index in [4.69, 9.17) is 9.47 Å². The Labute approximate surface area is 227 Å². The molecule has 0 amide bonds. The molecule has 0 aromatic heterocycles. The highest BCUT2D eigenvalue weighted by atomic mass is 16.7. The normalized spacial score (nSPS) is 12.3. The molecule has 2 rings (SSSR count). The first-order valence-electron chi connectivity index (χ1n) is 14.7. The number of hydrogen-bond donors (Lipinski definition) is 0. The standard InChI is InChI=1S/C33H52NO3/c1-5-6-7-8-9-10-11-12-13-14-16-19-30-22-24-32(25-23-30)36-29(2)37-33(35)26-27-34(3,4)28-31-20-17-15-18-21-31/h15,17-18,20-25,29H,5-14,16,19,26-28H2,1-4H3/q+1. The van der Waals surface area contributed by atoms with E-state index in [1.165, 1.54) is 81.8 Å². The predicted molar refractivity (Wildman–Crippen MR) is 155 cm³/mol. The molecule has 2 aromatic carbocycles.